The van der Waals surface area contributed by atoms with Crippen molar-refractivity contribution in [2.75, 3.05) is 13.7 Å². The van der Waals surface area contributed by atoms with Crippen LogP contribution in [0.15, 0.2) is 18.2 Å². The molecule has 1 aromatic carbocycles. The van der Waals surface area contributed by atoms with Crippen molar-refractivity contribution in [2.45, 2.75) is 39.3 Å². The van der Waals surface area contributed by atoms with Gasteiger partial charge in [-0.3, -0.25) is 4.79 Å². The largest absolute Gasteiger partial charge is 0.493 e. The van der Waals surface area contributed by atoms with Crippen LogP contribution in [-0.2, 0) is 9.53 Å². The molecule has 24 heavy (non-hydrogen) atoms. The molecule has 0 aromatic heterocycles. The maximum absolute atomic E-state index is 12.3. The van der Waals surface area contributed by atoms with Crippen molar-refractivity contribution in [3.63, 3.8) is 0 Å². The van der Waals surface area contributed by atoms with Gasteiger partial charge < -0.3 is 19.5 Å². The van der Waals surface area contributed by atoms with Crippen LogP contribution in [0.1, 0.15) is 37.0 Å². The average Bonchev–Trinajstić information content (AvgIpc) is 2.52. The van der Waals surface area contributed by atoms with Gasteiger partial charge in [-0.25, -0.2) is 4.79 Å². The summed E-state index contributed by atoms with van der Waals surface area (Å²) in [6.45, 7) is 0.420. The van der Waals surface area contributed by atoms with Crippen molar-refractivity contribution >= 4 is 11.9 Å². The van der Waals surface area contributed by atoms with E-state index in [9.17, 15) is 18.4 Å². The zero-order valence-corrected chi connectivity index (χ0v) is 13.8. The molecule has 0 bridgehead atoms. The van der Waals surface area contributed by atoms with Crippen LogP contribution in [-0.4, -0.2) is 38.2 Å². The summed E-state index contributed by atoms with van der Waals surface area (Å²) in [4.78, 5) is 23.6. The second-order valence-electron chi connectivity index (χ2n) is 5.08. The van der Waals surface area contributed by atoms with Crippen LogP contribution in [0, 0.1) is 0 Å². The van der Waals surface area contributed by atoms with Crippen molar-refractivity contribution < 1.29 is 32.6 Å². The number of carbonyl (C=O) groups excluding carboxylic acids is 2. The number of amides is 1. The molecule has 1 N–H and O–H groups in total. The number of esters is 1. The van der Waals surface area contributed by atoms with E-state index in [-0.39, 0.29) is 23.1 Å². The van der Waals surface area contributed by atoms with E-state index in [1.807, 2.05) is 13.8 Å². The van der Waals surface area contributed by atoms with Crippen molar-refractivity contribution in [3.05, 3.63) is 23.8 Å². The lowest BCUT2D eigenvalue weighted by molar-refractivity contribution is -0.124. The van der Waals surface area contributed by atoms with Crippen LogP contribution in [0.3, 0.4) is 0 Å². The Morgan fingerprint density at radius 2 is 1.96 bits per heavy atom. The van der Waals surface area contributed by atoms with Crippen LogP contribution in [0.2, 0.25) is 0 Å². The summed E-state index contributed by atoms with van der Waals surface area (Å²) in [5, 5.41) is 2.70. The highest BCUT2D eigenvalue weighted by Gasteiger charge is 2.16. The highest BCUT2D eigenvalue weighted by Crippen LogP contribution is 2.29. The van der Waals surface area contributed by atoms with Gasteiger partial charge in [0.15, 0.2) is 18.1 Å². The summed E-state index contributed by atoms with van der Waals surface area (Å²) in [5.74, 6) is -1.41. The lowest BCUT2D eigenvalue weighted by Gasteiger charge is -2.13. The van der Waals surface area contributed by atoms with Gasteiger partial charge in [0.2, 0.25) is 0 Å². The van der Waals surface area contributed by atoms with Gasteiger partial charge in [-0.15, -0.1) is 0 Å². The van der Waals surface area contributed by atoms with Gasteiger partial charge in [-0.1, -0.05) is 13.3 Å². The van der Waals surface area contributed by atoms with E-state index >= 15 is 0 Å². The Bertz CT molecular complexity index is 565. The Kier molecular flexibility index (Phi) is 7.94. The highest BCUT2D eigenvalue weighted by atomic mass is 19.3. The van der Waals surface area contributed by atoms with Gasteiger partial charge in [0.05, 0.1) is 12.7 Å². The number of alkyl halides is 2. The normalized spacial score (nSPS) is 11.8. The molecule has 0 radical (unpaired) electrons. The third-order valence-corrected chi connectivity index (χ3v) is 3.08. The lowest BCUT2D eigenvalue weighted by Crippen LogP contribution is -2.35. The molecule has 8 heteroatoms. The van der Waals surface area contributed by atoms with E-state index < -0.39 is 25.1 Å². The summed E-state index contributed by atoms with van der Waals surface area (Å²) in [6, 6.07) is 3.62. The summed E-state index contributed by atoms with van der Waals surface area (Å²) in [5.41, 5.74) is 0.0582. The molecule has 134 valence electrons. The molecule has 1 atom stereocenters. The molecule has 6 nitrogen and oxygen atoms in total. The van der Waals surface area contributed by atoms with Crippen molar-refractivity contribution in [3.8, 4) is 11.5 Å². The quantitative estimate of drug-likeness (QED) is 0.697. The van der Waals surface area contributed by atoms with Crippen molar-refractivity contribution in [2.24, 2.45) is 0 Å². The minimum atomic E-state index is -3.01. The third kappa shape index (κ3) is 6.39. The van der Waals surface area contributed by atoms with Gasteiger partial charge in [-0.2, -0.15) is 8.78 Å². The maximum Gasteiger partial charge on any atom is 0.387 e. The Balaban J connectivity index is 2.63. The number of methoxy groups -OCH3 is 1. The average molecular weight is 345 g/mol. The van der Waals surface area contributed by atoms with Gasteiger partial charge in [0, 0.05) is 6.04 Å². The number of halogens is 2. The molecule has 0 heterocycles. The molecule has 1 unspecified atom stereocenters. The Hall–Kier alpha value is -2.38. The monoisotopic (exact) mass is 345 g/mol. The minimum absolute atomic E-state index is 0.00734. The first kappa shape index (κ1) is 19.7. The predicted molar refractivity (Wildman–Crippen MR) is 82.4 cm³/mol. The van der Waals surface area contributed by atoms with Gasteiger partial charge >= 0.3 is 12.6 Å². The molecule has 0 saturated heterocycles. The molecule has 0 aliphatic heterocycles. The molecule has 0 aliphatic rings. The van der Waals surface area contributed by atoms with Crippen LogP contribution in [0.25, 0.3) is 0 Å². The molecule has 0 spiro atoms. The fraction of sp³-hybridized carbons (Fsp3) is 0.500. The smallest absolute Gasteiger partial charge is 0.387 e. The molecule has 0 saturated carbocycles. The zero-order valence-electron chi connectivity index (χ0n) is 13.8. The maximum atomic E-state index is 12.3. The molecule has 0 fully saturated rings. The lowest BCUT2D eigenvalue weighted by atomic mass is 10.2. The van der Waals surface area contributed by atoms with E-state index in [0.717, 1.165) is 12.8 Å². The number of ether oxygens (including phenoxy) is 3. The fourth-order valence-electron chi connectivity index (χ4n) is 2.02. The third-order valence-electron chi connectivity index (χ3n) is 3.08. The first-order valence-corrected chi connectivity index (χ1v) is 7.46. The number of benzene rings is 1. The Morgan fingerprint density at radius 3 is 2.54 bits per heavy atom. The summed E-state index contributed by atoms with van der Waals surface area (Å²) in [7, 11) is 1.26. The SMILES string of the molecule is CCCC(C)NC(=O)COC(=O)c1ccc(OC(F)F)c(OC)c1. The first-order valence-electron chi connectivity index (χ1n) is 7.46. The van der Waals surface area contributed by atoms with Crippen LogP contribution in [0.4, 0.5) is 8.78 Å². The van der Waals surface area contributed by atoms with Crippen LogP contribution in [0.5, 0.6) is 11.5 Å². The summed E-state index contributed by atoms with van der Waals surface area (Å²) >= 11 is 0. The van der Waals surface area contributed by atoms with Crippen molar-refractivity contribution in [1.82, 2.24) is 5.32 Å². The van der Waals surface area contributed by atoms with Gasteiger partial charge in [-0.05, 0) is 31.5 Å². The number of rotatable bonds is 9. The van der Waals surface area contributed by atoms with E-state index in [2.05, 4.69) is 10.1 Å². The topological polar surface area (TPSA) is 73.9 Å². The summed E-state index contributed by atoms with van der Waals surface area (Å²) in [6.07, 6.45) is 1.75. The molecular weight excluding hydrogens is 324 g/mol. The van der Waals surface area contributed by atoms with Crippen molar-refractivity contribution in [1.29, 1.82) is 0 Å². The van der Waals surface area contributed by atoms with E-state index in [1.165, 1.54) is 25.3 Å². The molecule has 0 aliphatic carbocycles. The van der Waals surface area contributed by atoms with Crippen LogP contribution < -0.4 is 14.8 Å². The number of nitrogens with one attached hydrogen (secondary N) is 1. The van der Waals surface area contributed by atoms with Gasteiger partial charge in [0.1, 0.15) is 0 Å². The highest BCUT2D eigenvalue weighted by molar-refractivity contribution is 5.92. The molecule has 1 rings (SSSR count). The fourth-order valence-corrected chi connectivity index (χ4v) is 2.02. The molecule has 1 amide bonds. The standard InChI is InChI=1S/C16H21F2NO5/c1-4-5-10(2)19-14(20)9-23-15(21)11-6-7-12(24-16(17)18)13(8-11)22-3/h6-8,10,16H,4-5,9H2,1-3H3,(H,19,20). The minimum Gasteiger partial charge on any atom is -0.493 e. The molecular formula is C16H21F2NO5. The predicted octanol–water partition coefficient (Wildman–Crippen LogP) is 2.76. The number of carbonyl (C=O) groups is 2. The van der Waals surface area contributed by atoms with E-state index in [0.29, 0.717) is 0 Å². The second kappa shape index (κ2) is 9.69. The number of hydrogen-bond acceptors (Lipinski definition) is 5. The van der Waals surface area contributed by atoms with Crippen LogP contribution >= 0.6 is 0 Å². The Labute approximate surface area is 139 Å². The second-order valence-corrected chi connectivity index (χ2v) is 5.08. The first-order chi connectivity index (χ1) is 11.4. The summed E-state index contributed by atoms with van der Waals surface area (Å²) < 4.78 is 38.6. The zero-order chi connectivity index (χ0) is 18.1. The number of hydrogen-bond donors (Lipinski definition) is 1. The molecule has 1 aromatic rings. The van der Waals surface area contributed by atoms with E-state index in [4.69, 9.17) is 9.47 Å². The van der Waals surface area contributed by atoms with Gasteiger partial charge in [0.25, 0.3) is 5.91 Å². The van der Waals surface area contributed by atoms with E-state index in [1.54, 1.807) is 0 Å². The Morgan fingerprint density at radius 1 is 1.25 bits per heavy atom.